The Morgan fingerprint density at radius 3 is 2.62 bits per heavy atom. The molecule has 86 valence electrons. The van der Waals surface area contributed by atoms with Crippen LogP contribution < -0.4 is 0 Å². The fraction of sp³-hybridized carbons (Fsp3) is 0.417. The van der Waals surface area contributed by atoms with E-state index in [4.69, 9.17) is 5.11 Å². The Morgan fingerprint density at radius 2 is 2.12 bits per heavy atom. The molecule has 2 N–H and O–H groups in total. The third kappa shape index (κ3) is 2.07. The van der Waals surface area contributed by atoms with Gasteiger partial charge in [0, 0.05) is 6.42 Å². The van der Waals surface area contributed by atoms with Crippen molar-refractivity contribution in [3.63, 3.8) is 0 Å². The van der Waals surface area contributed by atoms with Crippen LogP contribution in [0.4, 0.5) is 4.39 Å². The molecule has 0 atom stereocenters. The topological polar surface area (TPSA) is 57.5 Å². The molecule has 0 bridgehead atoms. The van der Waals surface area contributed by atoms with E-state index in [0.29, 0.717) is 18.4 Å². The lowest BCUT2D eigenvalue weighted by molar-refractivity contribution is 0.0695. The van der Waals surface area contributed by atoms with Gasteiger partial charge < -0.3 is 10.2 Å². The summed E-state index contributed by atoms with van der Waals surface area (Å²) < 4.78 is 13.5. The van der Waals surface area contributed by atoms with Gasteiger partial charge in [-0.15, -0.1) is 0 Å². The quantitative estimate of drug-likeness (QED) is 0.824. The molecule has 0 spiro atoms. The number of carbonyl (C=O) groups is 1. The van der Waals surface area contributed by atoms with E-state index in [9.17, 15) is 14.3 Å². The highest BCUT2D eigenvalue weighted by Gasteiger charge is 2.40. The molecule has 2 rings (SSSR count). The van der Waals surface area contributed by atoms with Crippen LogP contribution in [-0.4, -0.2) is 21.8 Å². The highest BCUT2D eigenvalue weighted by atomic mass is 19.1. The van der Waals surface area contributed by atoms with Crippen LogP contribution in [0.25, 0.3) is 0 Å². The second kappa shape index (κ2) is 3.56. The van der Waals surface area contributed by atoms with E-state index < -0.39 is 17.4 Å². The SMILES string of the molecule is Cc1cc(F)c(CC2(O)CC2)cc1C(=O)O. The Labute approximate surface area is 92.5 Å². The molecule has 0 aliphatic heterocycles. The lowest BCUT2D eigenvalue weighted by Crippen LogP contribution is -2.13. The summed E-state index contributed by atoms with van der Waals surface area (Å²) in [7, 11) is 0. The zero-order valence-corrected chi connectivity index (χ0v) is 8.96. The van der Waals surface area contributed by atoms with E-state index in [1.165, 1.54) is 12.1 Å². The average Bonchev–Trinajstić information content (AvgIpc) is 2.88. The van der Waals surface area contributed by atoms with Gasteiger partial charge in [-0.1, -0.05) is 0 Å². The minimum absolute atomic E-state index is 0.0978. The molecule has 16 heavy (non-hydrogen) atoms. The first kappa shape index (κ1) is 11.1. The molecule has 0 amide bonds. The van der Waals surface area contributed by atoms with Crippen LogP contribution in [-0.2, 0) is 6.42 Å². The highest BCUT2D eigenvalue weighted by Crippen LogP contribution is 2.39. The van der Waals surface area contributed by atoms with Gasteiger partial charge in [0.2, 0.25) is 0 Å². The first-order valence-electron chi connectivity index (χ1n) is 5.16. The molecule has 0 radical (unpaired) electrons. The Kier molecular flexibility index (Phi) is 2.46. The van der Waals surface area contributed by atoms with Crippen molar-refractivity contribution in [1.82, 2.24) is 0 Å². The second-order valence-corrected chi connectivity index (χ2v) is 4.46. The van der Waals surface area contributed by atoms with Crippen LogP contribution >= 0.6 is 0 Å². The molecule has 3 nitrogen and oxygen atoms in total. The molecule has 1 aliphatic rings. The molecular weight excluding hydrogens is 211 g/mol. The van der Waals surface area contributed by atoms with Gasteiger partial charge in [0.1, 0.15) is 5.82 Å². The number of benzene rings is 1. The van der Waals surface area contributed by atoms with Gasteiger partial charge in [-0.2, -0.15) is 0 Å². The van der Waals surface area contributed by atoms with Gasteiger partial charge in [-0.25, -0.2) is 9.18 Å². The molecule has 0 unspecified atom stereocenters. The van der Waals surface area contributed by atoms with E-state index in [1.807, 2.05) is 0 Å². The second-order valence-electron chi connectivity index (χ2n) is 4.46. The number of carboxylic acid groups (broad SMARTS) is 1. The molecule has 1 saturated carbocycles. The fourth-order valence-electron chi connectivity index (χ4n) is 1.76. The van der Waals surface area contributed by atoms with Crippen molar-refractivity contribution in [3.05, 3.63) is 34.6 Å². The largest absolute Gasteiger partial charge is 0.478 e. The van der Waals surface area contributed by atoms with Crippen molar-refractivity contribution in [3.8, 4) is 0 Å². The normalized spacial score (nSPS) is 17.2. The van der Waals surface area contributed by atoms with Crippen molar-refractivity contribution >= 4 is 5.97 Å². The molecule has 0 heterocycles. The molecule has 0 saturated heterocycles. The highest BCUT2D eigenvalue weighted by molar-refractivity contribution is 5.89. The summed E-state index contributed by atoms with van der Waals surface area (Å²) in [5, 5.41) is 18.6. The first-order chi connectivity index (χ1) is 7.41. The number of hydrogen-bond donors (Lipinski definition) is 2. The van der Waals surface area contributed by atoms with Crippen LogP contribution in [0.1, 0.15) is 34.3 Å². The Balaban J connectivity index is 2.37. The van der Waals surface area contributed by atoms with Crippen LogP contribution in [0.3, 0.4) is 0 Å². The standard InChI is InChI=1S/C12H13FO3/c1-7-4-10(13)8(5-9(7)11(14)15)6-12(16)2-3-12/h4-5,16H,2-3,6H2,1H3,(H,14,15). The first-order valence-corrected chi connectivity index (χ1v) is 5.16. The summed E-state index contributed by atoms with van der Waals surface area (Å²) >= 11 is 0. The van der Waals surface area contributed by atoms with Gasteiger partial charge in [-0.3, -0.25) is 0 Å². The predicted octanol–water partition coefficient (Wildman–Crippen LogP) is 1.90. The van der Waals surface area contributed by atoms with E-state index in [0.717, 1.165) is 0 Å². The van der Waals surface area contributed by atoms with Crippen LogP contribution in [0.2, 0.25) is 0 Å². The van der Waals surface area contributed by atoms with Crippen LogP contribution in [0.15, 0.2) is 12.1 Å². The molecule has 0 aromatic heterocycles. The zero-order valence-electron chi connectivity index (χ0n) is 8.96. The Morgan fingerprint density at radius 1 is 1.50 bits per heavy atom. The van der Waals surface area contributed by atoms with E-state index >= 15 is 0 Å². The summed E-state index contributed by atoms with van der Waals surface area (Å²) in [6.45, 7) is 1.56. The zero-order chi connectivity index (χ0) is 11.9. The van der Waals surface area contributed by atoms with Crippen molar-refractivity contribution in [1.29, 1.82) is 0 Å². The van der Waals surface area contributed by atoms with Crippen molar-refractivity contribution < 1.29 is 19.4 Å². The van der Waals surface area contributed by atoms with E-state index in [2.05, 4.69) is 0 Å². The summed E-state index contributed by atoms with van der Waals surface area (Å²) in [5.41, 5.74) is -0.0357. The third-order valence-corrected chi connectivity index (χ3v) is 2.97. The minimum atomic E-state index is -1.07. The van der Waals surface area contributed by atoms with Crippen LogP contribution in [0.5, 0.6) is 0 Å². The summed E-state index contributed by atoms with van der Waals surface area (Å²) in [5.74, 6) is -1.51. The smallest absolute Gasteiger partial charge is 0.335 e. The lowest BCUT2D eigenvalue weighted by Gasteiger charge is -2.11. The van der Waals surface area contributed by atoms with E-state index in [-0.39, 0.29) is 17.5 Å². The maximum absolute atomic E-state index is 13.5. The minimum Gasteiger partial charge on any atom is -0.478 e. The van der Waals surface area contributed by atoms with Gasteiger partial charge in [0.05, 0.1) is 11.2 Å². The maximum Gasteiger partial charge on any atom is 0.335 e. The molecule has 4 heteroatoms. The van der Waals surface area contributed by atoms with E-state index in [1.54, 1.807) is 6.92 Å². The van der Waals surface area contributed by atoms with Crippen LogP contribution in [0, 0.1) is 12.7 Å². The summed E-state index contributed by atoms with van der Waals surface area (Å²) in [6, 6.07) is 2.54. The predicted molar refractivity (Wildman–Crippen MR) is 56.0 cm³/mol. The maximum atomic E-state index is 13.5. The molecular formula is C12H13FO3. The molecule has 1 fully saturated rings. The van der Waals surface area contributed by atoms with Gasteiger partial charge in [0.25, 0.3) is 0 Å². The molecule has 1 aromatic rings. The summed E-state index contributed by atoms with van der Waals surface area (Å²) in [6.07, 6.45) is 1.50. The Bertz CT molecular complexity index is 450. The monoisotopic (exact) mass is 224 g/mol. The van der Waals surface area contributed by atoms with Gasteiger partial charge in [0.15, 0.2) is 0 Å². The van der Waals surface area contributed by atoms with Gasteiger partial charge in [-0.05, 0) is 43.0 Å². The number of aliphatic hydroxyl groups is 1. The number of hydrogen-bond acceptors (Lipinski definition) is 2. The number of halogens is 1. The third-order valence-electron chi connectivity index (χ3n) is 2.97. The van der Waals surface area contributed by atoms with Crippen molar-refractivity contribution in [2.24, 2.45) is 0 Å². The van der Waals surface area contributed by atoms with Gasteiger partial charge >= 0.3 is 5.97 Å². The number of carboxylic acids is 1. The van der Waals surface area contributed by atoms with Crippen molar-refractivity contribution in [2.45, 2.75) is 31.8 Å². The number of aromatic carboxylic acids is 1. The fourth-order valence-corrected chi connectivity index (χ4v) is 1.76. The Hall–Kier alpha value is -1.42. The number of rotatable bonds is 3. The lowest BCUT2D eigenvalue weighted by atomic mass is 9.99. The molecule has 1 aromatic carbocycles. The summed E-state index contributed by atoms with van der Waals surface area (Å²) in [4.78, 5) is 10.9. The van der Waals surface area contributed by atoms with Crippen molar-refractivity contribution in [2.75, 3.05) is 0 Å². The molecule has 1 aliphatic carbocycles. The average molecular weight is 224 g/mol. The number of aryl methyl sites for hydroxylation is 1.